The van der Waals surface area contributed by atoms with Gasteiger partial charge in [0.1, 0.15) is 0 Å². The maximum absolute atomic E-state index is 5.80. The Balaban J connectivity index is 1.96. The Morgan fingerprint density at radius 3 is 3.00 bits per heavy atom. The number of nitrogens with one attached hydrogen (secondary N) is 1. The van der Waals surface area contributed by atoms with E-state index in [-0.39, 0.29) is 0 Å². The Kier molecular flexibility index (Phi) is 5.48. The molecule has 1 aromatic rings. The number of benzene rings is 1. The molecule has 0 saturated heterocycles. The monoisotopic (exact) mass is 265 g/mol. The van der Waals surface area contributed by atoms with Crippen LogP contribution in [0.2, 0.25) is 0 Å². The molecular weight excluding hydrogens is 242 g/mol. The molecule has 0 spiro atoms. The summed E-state index contributed by atoms with van der Waals surface area (Å²) in [7, 11) is 0. The Morgan fingerprint density at radius 1 is 1.32 bits per heavy atom. The highest BCUT2D eigenvalue weighted by atomic mass is 16.5. The van der Waals surface area contributed by atoms with Gasteiger partial charge in [0.25, 0.3) is 0 Å². The van der Waals surface area contributed by atoms with Gasteiger partial charge in [-0.2, -0.15) is 0 Å². The Morgan fingerprint density at radius 2 is 2.16 bits per heavy atom. The lowest BCUT2D eigenvalue weighted by molar-refractivity contribution is 0.127. The summed E-state index contributed by atoms with van der Waals surface area (Å²) in [6.07, 6.45) is 0.933. The van der Waals surface area contributed by atoms with E-state index >= 15 is 0 Å². The molecule has 106 valence electrons. The summed E-state index contributed by atoms with van der Waals surface area (Å²) in [5.41, 5.74) is 1.14. The first-order valence-corrected chi connectivity index (χ1v) is 7.00. The van der Waals surface area contributed by atoms with Crippen molar-refractivity contribution in [2.45, 2.75) is 32.9 Å². The molecule has 4 nitrogen and oxygen atoms in total. The van der Waals surface area contributed by atoms with Crippen LogP contribution >= 0.6 is 0 Å². The lowest BCUT2D eigenvalue weighted by Crippen LogP contribution is -2.30. The summed E-state index contributed by atoms with van der Waals surface area (Å²) in [6.45, 7) is 7.82. The lowest BCUT2D eigenvalue weighted by atomic mass is 10.1. The second kappa shape index (κ2) is 7.36. The van der Waals surface area contributed by atoms with Crippen molar-refractivity contribution in [2.75, 3.05) is 26.4 Å². The summed E-state index contributed by atoms with van der Waals surface area (Å²) in [6, 6.07) is 6.38. The van der Waals surface area contributed by atoms with E-state index in [2.05, 4.69) is 18.3 Å². The molecule has 1 aliphatic heterocycles. The second-order valence-corrected chi connectivity index (χ2v) is 4.74. The van der Waals surface area contributed by atoms with Crippen LogP contribution in [0.3, 0.4) is 0 Å². The molecule has 1 atom stereocenters. The number of ether oxygens (including phenoxy) is 3. The molecule has 1 unspecified atom stereocenters. The van der Waals surface area contributed by atoms with Gasteiger partial charge < -0.3 is 19.5 Å². The fourth-order valence-corrected chi connectivity index (χ4v) is 2.03. The zero-order valence-corrected chi connectivity index (χ0v) is 11.8. The van der Waals surface area contributed by atoms with Gasteiger partial charge in [-0.3, -0.25) is 0 Å². The molecule has 4 heteroatoms. The van der Waals surface area contributed by atoms with E-state index in [0.29, 0.717) is 6.04 Å². The number of fused-ring (bicyclic) bond motifs is 1. The summed E-state index contributed by atoms with van der Waals surface area (Å²) < 4.78 is 16.9. The van der Waals surface area contributed by atoms with Crippen molar-refractivity contribution in [1.82, 2.24) is 5.32 Å². The summed E-state index contributed by atoms with van der Waals surface area (Å²) >= 11 is 0. The molecule has 2 rings (SSSR count). The molecule has 1 aromatic carbocycles. The number of hydrogen-bond acceptors (Lipinski definition) is 4. The smallest absolute Gasteiger partial charge is 0.165 e. The predicted molar refractivity (Wildman–Crippen MR) is 74.8 cm³/mol. The van der Waals surface area contributed by atoms with Gasteiger partial charge in [0.2, 0.25) is 0 Å². The summed E-state index contributed by atoms with van der Waals surface area (Å²) in [5.74, 6) is 1.74. The van der Waals surface area contributed by atoms with Gasteiger partial charge in [0.05, 0.1) is 19.8 Å². The van der Waals surface area contributed by atoms with Gasteiger partial charge in [0.15, 0.2) is 11.5 Å². The van der Waals surface area contributed by atoms with Gasteiger partial charge in [-0.15, -0.1) is 0 Å². The van der Waals surface area contributed by atoms with Crippen molar-refractivity contribution in [3.8, 4) is 11.5 Å². The molecule has 1 aliphatic rings. The molecule has 1 heterocycles. The largest absolute Gasteiger partial charge is 0.490 e. The Hall–Kier alpha value is -1.26. The highest BCUT2D eigenvalue weighted by molar-refractivity contribution is 5.47. The van der Waals surface area contributed by atoms with E-state index in [0.717, 1.165) is 56.5 Å². The van der Waals surface area contributed by atoms with Crippen LogP contribution in [0.5, 0.6) is 11.5 Å². The van der Waals surface area contributed by atoms with E-state index in [4.69, 9.17) is 14.2 Å². The van der Waals surface area contributed by atoms with Crippen LogP contribution in [-0.4, -0.2) is 32.5 Å². The van der Waals surface area contributed by atoms with Crippen LogP contribution in [0.1, 0.15) is 25.8 Å². The quantitative estimate of drug-likeness (QED) is 0.857. The first kappa shape index (κ1) is 14.2. The minimum Gasteiger partial charge on any atom is -0.490 e. The number of hydrogen-bond donors (Lipinski definition) is 1. The van der Waals surface area contributed by atoms with Crippen LogP contribution in [0, 0.1) is 0 Å². The van der Waals surface area contributed by atoms with E-state index in [9.17, 15) is 0 Å². The average Bonchev–Trinajstić information content (AvgIpc) is 2.68. The fourth-order valence-electron chi connectivity index (χ4n) is 2.03. The molecule has 0 saturated carbocycles. The van der Waals surface area contributed by atoms with E-state index in [1.54, 1.807) is 0 Å². The van der Waals surface area contributed by atoms with Crippen LogP contribution in [-0.2, 0) is 11.3 Å². The van der Waals surface area contributed by atoms with E-state index < -0.39 is 0 Å². The van der Waals surface area contributed by atoms with Crippen molar-refractivity contribution in [1.29, 1.82) is 0 Å². The first-order valence-electron chi connectivity index (χ1n) is 7.00. The normalized spacial score (nSPS) is 15.9. The second-order valence-electron chi connectivity index (χ2n) is 4.74. The fraction of sp³-hybridized carbons (Fsp3) is 0.600. The Bertz CT molecular complexity index is 395. The van der Waals surface area contributed by atoms with Crippen molar-refractivity contribution in [3.63, 3.8) is 0 Å². The van der Waals surface area contributed by atoms with E-state index in [1.165, 1.54) is 0 Å². The molecule has 0 aliphatic carbocycles. The third-order valence-corrected chi connectivity index (χ3v) is 3.07. The molecule has 0 aromatic heterocycles. The van der Waals surface area contributed by atoms with E-state index in [1.807, 2.05) is 19.1 Å². The highest BCUT2D eigenvalue weighted by Gasteiger charge is 2.14. The first-order chi connectivity index (χ1) is 9.31. The zero-order valence-electron chi connectivity index (χ0n) is 11.8. The van der Waals surface area contributed by atoms with Gasteiger partial charge in [-0.05, 0) is 19.9 Å². The minimum atomic E-state index is 0.322. The van der Waals surface area contributed by atoms with Crippen LogP contribution in [0.25, 0.3) is 0 Å². The third-order valence-electron chi connectivity index (χ3n) is 3.07. The Labute approximate surface area is 115 Å². The molecule has 0 fully saturated rings. The van der Waals surface area contributed by atoms with Gasteiger partial charge in [0, 0.05) is 31.2 Å². The maximum Gasteiger partial charge on any atom is 0.165 e. The lowest BCUT2D eigenvalue weighted by Gasteiger charge is -2.16. The highest BCUT2D eigenvalue weighted by Crippen LogP contribution is 2.33. The maximum atomic E-state index is 5.80. The van der Waals surface area contributed by atoms with Crippen LogP contribution in [0.15, 0.2) is 18.2 Å². The topological polar surface area (TPSA) is 39.7 Å². The molecule has 0 amide bonds. The predicted octanol–water partition coefficient (Wildman–Crippen LogP) is 2.36. The van der Waals surface area contributed by atoms with Crippen LogP contribution < -0.4 is 14.8 Å². The molecule has 0 radical (unpaired) electrons. The van der Waals surface area contributed by atoms with Crippen molar-refractivity contribution < 1.29 is 14.2 Å². The molecule has 1 N–H and O–H groups in total. The van der Waals surface area contributed by atoms with Crippen LogP contribution in [0.4, 0.5) is 0 Å². The molecule has 19 heavy (non-hydrogen) atoms. The van der Waals surface area contributed by atoms with Gasteiger partial charge in [-0.25, -0.2) is 0 Å². The van der Waals surface area contributed by atoms with Crippen molar-refractivity contribution in [2.24, 2.45) is 0 Å². The average molecular weight is 265 g/mol. The third kappa shape index (κ3) is 4.11. The minimum absolute atomic E-state index is 0.322. The molecule has 0 bridgehead atoms. The summed E-state index contributed by atoms with van der Waals surface area (Å²) in [5, 5.41) is 3.44. The summed E-state index contributed by atoms with van der Waals surface area (Å²) in [4.78, 5) is 0. The molecular formula is C15H23NO3. The number of para-hydroxylation sites is 1. The standard InChI is InChI=1S/C15H23NO3/c1-3-17-11-12(2)16-10-13-6-4-7-14-15(13)19-9-5-8-18-14/h4,6-7,12,16H,3,5,8-11H2,1-2H3. The van der Waals surface area contributed by atoms with Gasteiger partial charge >= 0.3 is 0 Å². The van der Waals surface area contributed by atoms with Gasteiger partial charge in [-0.1, -0.05) is 12.1 Å². The number of rotatable bonds is 6. The zero-order chi connectivity index (χ0) is 13.5. The van der Waals surface area contributed by atoms with Crippen molar-refractivity contribution >= 4 is 0 Å². The van der Waals surface area contributed by atoms with Crippen molar-refractivity contribution in [3.05, 3.63) is 23.8 Å². The SMILES string of the molecule is CCOCC(C)NCc1cccc2c1OCCCO2.